The maximum Gasteiger partial charge on any atom is 0.180 e. The van der Waals surface area contributed by atoms with Gasteiger partial charge in [-0.2, -0.15) is 0 Å². The molecule has 0 amide bonds. The van der Waals surface area contributed by atoms with Gasteiger partial charge in [0.25, 0.3) is 0 Å². The van der Waals surface area contributed by atoms with Crippen LogP contribution in [0.5, 0.6) is 23.0 Å². The van der Waals surface area contributed by atoms with Crippen LogP contribution in [0.1, 0.15) is 5.56 Å². The fourth-order valence-corrected chi connectivity index (χ4v) is 16.8. The molecule has 0 N–H and O–H groups in total. The molecule has 12 aromatic rings. The lowest BCUT2D eigenvalue weighted by Crippen LogP contribution is -2.74. The van der Waals surface area contributed by atoms with Crippen molar-refractivity contribution >= 4 is 71.9 Å². The third-order valence-corrected chi connectivity index (χ3v) is 19.5. The first-order chi connectivity index (χ1) is 33.6. The molecule has 0 atom stereocenters. The van der Waals surface area contributed by atoms with E-state index in [0.29, 0.717) is 0 Å². The Morgan fingerprint density at radius 1 is 0.294 bits per heavy atom. The van der Waals surface area contributed by atoms with Crippen LogP contribution in [-0.4, -0.2) is 8.07 Å². The highest BCUT2D eigenvalue weighted by atomic mass is 28.3. The van der Waals surface area contributed by atoms with Crippen molar-refractivity contribution in [2.75, 3.05) is 0 Å². The van der Waals surface area contributed by atoms with Crippen LogP contribution in [0.25, 0.3) is 87.6 Å². The standard InChI is InChI=1S/C65H42O2Si/c1-41-31-35-57-56(39-41)53-29-15-28-52-54(34-36-58(66-57)64(52)53)63-50-25-13-11-23-48(50)62(49-24-12-14-26-51(49)63)42-32-33-46-47-27-16-30-55-61(38-37-59(65(47)55)67-60(46)40-42)68(43-17-5-2-6-18-43,44-19-7-3-8-20-44)45-21-9-4-10-22-45/h2-40H,1H3. The Labute approximate surface area is 396 Å². The van der Waals surface area contributed by atoms with E-state index in [2.05, 4.69) is 244 Å². The number of hydrogen-bond acceptors (Lipinski definition) is 2. The van der Waals surface area contributed by atoms with Crippen molar-refractivity contribution in [1.82, 2.24) is 0 Å². The summed E-state index contributed by atoms with van der Waals surface area (Å²) in [4.78, 5) is 0. The predicted molar refractivity (Wildman–Crippen MR) is 287 cm³/mol. The highest BCUT2D eigenvalue weighted by Gasteiger charge is 2.43. The lowest BCUT2D eigenvalue weighted by molar-refractivity contribution is 0.487. The van der Waals surface area contributed by atoms with Crippen molar-refractivity contribution in [2.24, 2.45) is 0 Å². The lowest BCUT2D eigenvalue weighted by Gasteiger charge is -2.36. The van der Waals surface area contributed by atoms with Gasteiger partial charge in [-0.25, -0.2) is 0 Å². The summed E-state index contributed by atoms with van der Waals surface area (Å²) in [6, 6.07) is 87.2. The van der Waals surface area contributed by atoms with Gasteiger partial charge in [0.05, 0.1) is 0 Å². The summed E-state index contributed by atoms with van der Waals surface area (Å²) >= 11 is 0. The molecule has 12 aromatic carbocycles. The molecule has 0 aromatic heterocycles. The second-order valence-electron chi connectivity index (χ2n) is 18.3. The molecule has 14 rings (SSSR count). The van der Waals surface area contributed by atoms with E-state index in [-0.39, 0.29) is 0 Å². The highest BCUT2D eigenvalue weighted by molar-refractivity contribution is 7.20. The van der Waals surface area contributed by atoms with E-state index in [1.807, 2.05) is 0 Å². The van der Waals surface area contributed by atoms with Crippen LogP contribution in [0.15, 0.2) is 237 Å². The van der Waals surface area contributed by atoms with Crippen molar-refractivity contribution in [1.29, 1.82) is 0 Å². The second kappa shape index (κ2) is 15.0. The molecule has 3 heteroatoms. The summed E-state index contributed by atoms with van der Waals surface area (Å²) in [6.07, 6.45) is 0. The van der Waals surface area contributed by atoms with Gasteiger partial charge in [0, 0.05) is 21.9 Å². The van der Waals surface area contributed by atoms with Crippen LogP contribution in [0.4, 0.5) is 0 Å². The Morgan fingerprint density at radius 2 is 0.765 bits per heavy atom. The van der Waals surface area contributed by atoms with Crippen LogP contribution in [0.3, 0.4) is 0 Å². The number of rotatable bonds is 6. The van der Waals surface area contributed by atoms with Crippen molar-refractivity contribution in [3.05, 3.63) is 242 Å². The molecule has 2 aliphatic heterocycles. The molecule has 0 fully saturated rings. The van der Waals surface area contributed by atoms with Gasteiger partial charge in [0.15, 0.2) is 8.07 Å². The first kappa shape index (κ1) is 38.7. The second-order valence-corrected chi connectivity index (χ2v) is 22.1. The van der Waals surface area contributed by atoms with Crippen LogP contribution < -0.4 is 30.2 Å². The van der Waals surface area contributed by atoms with Gasteiger partial charge in [-0.3, -0.25) is 0 Å². The van der Waals surface area contributed by atoms with Gasteiger partial charge in [-0.15, -0.1) is 0 Å². The zero-order valence-electron chi connectivity index (χ0n) is 37.3. The van der Waals surface area contributed by atoms with E-state index < -0.39 is 8.07 Å². The highest BCUT2D eigenvalue weighted by Crippen LogP contribution is 2.53. The third kappa shape index (κ3) is 5.57. The largest absolute Gasteiger partial charge is 0.456 e. The van der Waals surface area contributed by atoms with Gasteiger partial charge in [-0.05, 0) is 136 Å². The monoisotopic (exact) mass is 882 g/mol. The quantitative estimate of drug-likeness (QED) is 0.0941. The minimum Gasteiger partial charge on any atom is -0.456 e. The van der Waals surface area contributed by atoms with Gasteiger partial charge >= 0.3 is 0 Å². The van der Waals surface area contributed by atoms with E-state index in [1.165, 1.54) is 86.4 Å². The minimum atomic E-state index is -2.82. The fraction of sp³-hybridized carbons (Fsp3) is 0.0154. The Balaban J connectivity index is 0.958. The summed E-state index contributed by atoms with van der Waals surface area (Å²) in [7, 11) is -2.82. The molecule has 2 aliphatic rings. The van der Waals surface area contributed by atoms with Gasteiger partial charge in [-0.1, -0.05) is 200 Å². The molecule has 318 valence electrons. The molecule has 2 nitrogen and oxygen atoms in total. The van der Waals surface area contributed by atoms with Gasteiger partial charge in [0.2, 0.25) is 0 Å². The fourth-order valence-electron chi connectivity index (χ4n) is 11.8. The molecule has 0 saturated carbocycles. The molecule has 2 heterocycles. The molecule has 68 heavy (non-hydrogen) atoms. The predicted octanol–water partition coefficient (Wildman–Crippen LogP) is 14.9. The van der Waals surface area contributed by atoms with E-state index in [4.69, 9.17) is 9.47 Å². The topological polar surface area (TPSA) is 18.5 Å². The maximum absolute atomic E-state index is 7.14. The van der Waals surface area contributed by atoms with Crippen LogP contribution in [0, 0.1) is 6.92 Å². The smallest absolute Gasteiger partial charge is 0.180 e. The minimum absolute atomic E-state index is 0.865. The van der Waals surface area contributed by atoms with E-state index in [9.17, 15) is 0 Å². The number of ether oxygens (including phenoxy) is 2. The molecule has 0 spiro atoms. The Hall–Kier alpha value is -8.50. The summed E-state index contributed by atoms with van der Waals surface area (Å²) in [6.45, 7) is 2.14. The molecule has 0 saturated heterocycles. The summed E-state index contributed by atoms with van der Waals surface area (Å²) in [5.41, 5.74) is 10.6. The van der Waals surface area contributed by atoms with Crippen molar-refractivity contribution in [2.45, 2.75) is 6.92 Å². The van der Waals surface area contributed by atoms with Crippen molar-refractivity contribution < 1.29 is 9.47 Å². The number of benzene rings is 12. The lowest BCUT2D eigenvalue weighted by atomic mass is 9.83. The first-order valence-electron chi connectivity index (χ1n) is 23.5. The van der Waals surface area contributed by atoms with E-state index in [1.54, 1.807) is 0 Å². The third-order valence-electron chi connectivity index (χ3n) is 14.7. The Morgan fingerprint density at radius 3 is 1.38 bits per heavy atom. The Bertz CT molecular complexity index is 3870. The summed E-state index contributed by atoms with van der Waals surface area (Å²) in [5.74, 6) is 3.55. The SMILES string of the molecule is Cc1ccc2c(c1)-c1cccc3c(-c4c5ccccc5c(-c5ccc6c(c5)Oc5ccc([Si](c7ccccc7)(c7ccccc7)c7ccccc7)c7cccc-6c57)c5ccccc45)ccc(c13)O2. The van der Waals surface area contributed by atoms with Crippen LogP contribution in [0.2, 0.25) is 0 Å². The normalized spacial score (nSPS) is 12.4. The number of hydrogen-bond donors (Lipinski definition) is 0. The molecular weight excluding hydrogens is 841 g/mol. The molecule has 0 unspecified atom stereocenters. The number of aryl methyl sites for hydroxylation is 1. The van der Waals surface area contributed by atoms with E-state index in [0.717, 1.165) is 50.5 Å². The van der Waals surface area contributed by atoms with Crippen molar-refractivity contribution in [3.8, 4) is 67.5 Å². The molecule has 0 bridgehead atoms. The molecule has 0 radical (unpaired) electrons. The summed E-state index contributed by atoms with van der Waals surface area (Å²) < 4.78 is 13.7. The first-order valence-corrected chi connectivity index (χ1v) is 25.5. The average Bonchev–Trinajstić information content (AvgIpc) is 3.40. The average molecular weight is 883 g/mol. The molecular formula is C65H42O2Si. The van der Waals surface area contributed by atoms with Gasteiger partial charge < -0.3 is 9.47 Å². The van der Waals surface area contributed by atoms with E-state index >= 15 is 0 Å². The zero-order valence-corrected chi connectivity index (χ0v) is 38.3. The molecule has 0 aliphatic carbocycles. The number of fused-ring (bicyclic) bond motifs is 6. The summed E-state index contributed by atoms with van der Waals surface area (Å²) in [5, 5.41) is 15.0. The maximum atomic E-state index is 7.14. The van der Waals surface area contributed by atoms with Crippen LogP contribution >= 0.6 is 0 Å². The Kier molecular flexibility index (Phi) is 8.55. The van der Waals surface area contributed by atoms with Crippen LogP contribution in [-0.2, 0) is 0 Å². The van der Waals surface area contributed by atoms with Crippen molar-refractivity contribution in [3.63, 3.8) is 0 Å². The van der Waals surface area contributed by atoms with Gasteiger partial charge in [0.1, 0.15) is 23.0 Å². The zero-order chi connectivity index (χ0) is 44.9.